The van der Waals surface area contributed by atoms with Crippen molar-refractivity contribution in [2.24, 2.45) is 0 Å². The molecule has 0 spiro atoms. The van der Waals surface area contributed by atoms with Crippen LogP contribution in [-0.4, -0.2) is 38.2 Å². The molecule has 0 atom stereocenters. The van der Waals surface area contributed by atoms with E-state index in [0.29, 0.717) is 35.1 Å². The van der Waals surface area contributed by atoms with E-state index in [1.165, 1.54) is 17.3 Å². The molecule has 1 aliphatic rings. The Bertz CT molecular complexity index is 1050. The van der Waals surface area contributed by atoms with E-state index in [-0.39, 0.29) is 18.5 Å². The topological polar surface area (TPSA) is 91.2 Å². The van der Waals surface area contributed by atoms with Crippen molar-refractivity contribution in [3.8, 4) is 23.0 Å². The standard InChI is InChI=1S/C21H23N5O3S/c1-4-26-19(15-9-17-20(22-10-15)29-12-28-17)24-25-21(26)30-11-18(27)23-16-7-5-14(6-8-16)13(2)3/h5-10,13H,4,11-12H2,1-3H3,(H,23,27). The number of aromatic nitrogens is 4. The first kappa shape index (κ1) is 20.2. The molecule has 0 aliphatic carbocycles. The molecule has 0 saturated heterocycles. The van der Waals surface area contributed by atoms with Gasteiger partial charge < -0.3 is 19.4 Å². The van der Waals surface area contributed by atoms with Crippen molar-refractivity contribution >= 4 is 23.4 Å². The van der Waals surface area contributed by atoms with Gasteiger partial charge in [-0.05, 0) is 36.6 Å². The van der Waals surface area contributed by atoms with Crippen molar-refractivity contribution < 1.29 is 14.3 Å². The summed E-state index contributed by atoms with van der Waals surface area (Å²) in [5.41, 5.74) is 2.81. The van der Waals surface area contributed by atoms with Crippen LogP contribution in [0.3, 0.4) is 0 Å². The van der Waals surface area contributed by atoms with Gasteiger partial charge in [-0.3, -0.25) is 4.79 Å². The van der Waals surface area contributed by atoms with E-state index in [1.807, 2.05) is 41.8 Å². The smallest absolute Gasteiger partial charge is 0.260 e. The maximum absolute atomic E-state index is 12.4. The summed E-state index contributed by atoms with van der Waals surface area (Å²) in [6.07, 6.45) is 1.69. The highest BCUT2D eigenvalue weighted by Crippen LogP contribution is 2.33. The molecule has 4 rings (SSSR count). The number of benzene rings is 1. The van der Waals surface area contributed by atoms with Crippen LogP contribution >= 0.6 is 11.8 Å². The Kier molecular flexibility index (Phi) is 5.89. The minimum absolute atomic E-state index is 0.0887. The van der Waals surface area contributed by atoms with Gasteiger partial charge in [-0.25, -0.2) is 4.98 Å². The zero-order valence-electron chi connectivity index (χ0n) is 17.1. The molecule has 1 amide bonds. The number of nitrogens with one attached hydrogen (secondary N) is 1. The number of hydrogen-bond acceptors (Lipinski definition) is 7. The molecule has 1 aromatic carbocycles. The normalized spacial score (nSPS) is 12.4. The number of fused-ring (bicyclic) bond motifs is 1. The summed E-state index contributed by atoms with van der Waals surface area (Å²) in [5.74, 6) is 2.36. The molecule has 2 aromatic heterocycles. The lowest BCUT2D eigenvalue weighted by Gasteiger charge is -2.09. The average Bonchev–Trinajstić information content (AvgIpc) is 3.38. The SMILES string of the molecule is CCn1c(SCC(=O)Nc2ccc(C(C)C)cc2)nnc1-c1cnc2c(c1)OCO2. The highest BCUT2D eigenvalue weighted by atomic mass is 32.2. The lowest BCUT2D eigenvalue weighted by Crippen LogP contribution is -2.14. The molecule has 0 unspecified atom stereocenters. The highest BCUT2D eigenvalue weighted by Gasteiger charge is 2.20. The molecular formula is C21H23N5O3S. The fraction of sp³-hybridized carbons (Fsp3) is 0.333. The van der Waals surface area contributed by atoms with E-state index in [0.717, 1.165) is 11.3 Å². The van der Waals surface area contributed by atoms with Gasteiger partial charge in [-0.15, -0.1) is 10.2 Å². The van der Waals surface area contributed by atoms with Crippen LogP contribution in [0.5, 0.6) is 11.6 Å². The van der Waals surface area contributed by atoms with Crippen LogP contribution in [0.4, 0.5) is 5.69 Å². The van der Waals surface area contributed by atoms with Gasteiger partial charge in [0, 0.05) is 24.0 Å². The Morgan fingerprint density at radius 3 is 2.77 bits per heavy atom. The van der Waals surface area contributed by atoms with E-state index >= 15 is 0 Å². The lowest BCUT2D eigenvalue weighted by molar-refractivity contribution is -0.113. The van der Waals surface area contributed by atoms with E-state index in [4.69, 9.17) is 9.47 Å². The number of hydrogen-bond donors (Lipinski definition) is 1. The Hall–Kier alpha value is -3.07. The van der Waals surface area contributed by atoms with Crippen molar-refractivity contribution in [1.82, 2.24) is 19.7 Å². The Morgan fingerprint density at radius 2 is 2.03 bits per heavy atom. The number of nitrogens with zero attached hydrogens (tertiary/aromatic N) is 4. The van der Waals surface area contributed by atoms with Crippen molar-refractivity contribution in [2.45, 2.75) is 38.4 Å². The Labute approximate surface area is 179 Å². The number of carbonyl (C=O) groups is 1. The summed E-state index contributed by atoms with van der Waals surface area (Å²) in [6.45, 7) is 7.12. The predicted molar refractivity (Wildman–Crippen MR) is 115 cm³/mol. The average molecular weight is 426 g/mol. The van der Waals surface area contributed by atoms with Crippen molar-refractivity contribution in [1.29, 1.82) is 0 Å². The summed E-state index contributed by atoms with van der Waals surface area (Å²) >= 11 is 1.35. The van der Waals surface area contributed by atoms with E-state index in [1.54, 1.807) is 6.20 Å². The first-order valence-corrected chi connectivity index (χ1v) is 10.8. The second-order valence-electron chi connectivity index (χ2n) is 7.10. The molecule has 8 nitrogen and oxygen atoms in total. The summed E-state index contributed by atoms with van der Waals surface area (Å²) in [6, 6.07) is 9.77. The van der Waals surface area contributed by atoms with E-state index < -0.39 is 0 Å². The third kappa shape index (κ3) is 4.25. The van der Waals surface area contributed by atoms with Crippen LogP contribution in [0, 0.1) is 0 Å². The van der Waals surface area contributed by atoms with Crippen LogP contribution < -0.4 is 14.8 Å². The monoisotopic (exact) mass is 425 g/mol. The summed E-state index contributed by atoms with van der Waals surface area (Å²) in [7, 11) is 0. The van der Waals surface area contributed by atoms with Gasteiger partial charge in [0.15, 0.2) is 16.7 Å². The third-order valence-corrected chi connectivity index (χ3v) is 5.68. The lowest BCUT2D eigenvalue weighted by atomic mass is 10.0. The number of thioether (sulfide) groups is 1. The fourth-order valence-corrected chi connectivity index (χ4v) is 3.89. The number of rotatable bonds is 7. The molecule has 1 aliphatic heterocycles. The zero-order valence-corrected chi connectivity index (χ0v) is 17.9. The summed E-state index contributed by atoms with van der Waals surface area (Å²) in [4.78, 5) is 16.6. The fourth-order valence-electron chi connectivity index (χ4n) is 3.09. The largest absolute Gasteiger partial charge is 0.452 e. The zero-order chi connectivity index (χ0) is 21.1. The molecule has 0 bridgehead atoms. The van der Waals surface area contributed by atoms with Crippen molar-refractivity contribution in [3.05, 3.63) is 42.1 Å². The maximum Gasteiger partial charge on any atom is 0.260 e. The van der Waals surface area contributed by atoms with Gasteiger partial charge >= 0.3 is 0 Å². The van der Waals surface area contributed by atoms with Gasteiger partial charge in [0.2, 0.25) is 12.7 Å². The van der Waals surface area contributed by atoms with Gasteiger partial charge in [-0.2, -0.15) is 0 Å². The highest BCUT2D eigenvalue weighted by molar-refractivity contribution is 7.99. The molecule has 3 heterocycles. The first-order chi connectivity index (χ1) is 14.5. The van der Waals surface area contributed by atoms with Crippen molar-refractivity contribution in [2.75, 3.05) is 17.9 Å². The second kappa shape index (κ2) is 8.74. The third-order valence-electron chi connectivity index (χ3n) is 4.71. The number of amides is 1. The first-order valence-electron chi connectivity index (χ1n) is 9.77. The van der Waals surface area contributed by atoms with Crippen LogP contribution in [0.15, 0.2) is 41.7 Å². The van der Waals surface area contributed by atoms with Crippen LogP contribution in [0.1, 0.15) is 32.3 Å². The number of pyridine rings is 1. The molecule has 0 radical (unpaired) electrons. The second-order valence-corrected chi connectivity index (χ2v) is 8.04. The molecule has 0 saturated carbocycles. The molecule has 0 fully saturated rings. The van der Waals surface area contributed by atoms with E-state index in [9.17, 15) is 4.79 Å². The van der Waals surface area contributed by atoms with E-state index in [2.05, 4.69) is 34.3 Å². The number of ether oxygens (including phenoxy) is 2. The number of carbonyl (C=O) groups excluding carboxylic acids is 1. The minimum atomic E-state index is -0.0887. The Morgan fingerprint density at radius 1 is 1.23 bits per heavy atom. The van der Waals surface area contributed by atoms with Crippen LogP contribution in [0.2, 0.25) is 0 Å². The molecule has 156 valence electrons. The van der Waals surface area contributed by atoms with Crippen molar-refractivity contribution in [3.63, 3.8) is 0 Å². The maximum atomic E-state index is 12.4. The van der Waals surface area contributed by atoms with Gasteiger partial charge in [-0.1, -0.05) is 37.7 Å². The molecular weight excluding hydrogens is 402 g/mol. The predicted octanol–water partition coefficient (Wildman–Crippen LogP) is 3.94. The van der Waals surface area contributed by atoms with Crippen LogP contribution in [-0.2, 0) is 11.3 Å². The van der Waals surface area contributed by atoms with Crippen LogP contribution in [0.25, 0.3) is 11.4 Å². The molecule has 9 heteroatoms. The Balaban J connectivity index is 1.42. The molecule has 1 N–H and O–H groups in total. The minimum Gasteiger partial charge on any atom is -0.452 e. The summed E-state index contributed by atoms with van der Waals surface area (Å²) in [5, 5.41) is 12.2. The molecule has 30 heavy (non-hydrogen) atoms. The quantitative estimate of drug-likeness (QED) is 0.573. The summed E-state index contributed by atoms with van der Waals surface area (Å²) < 4.78 is 12.6. The van der Waals surface area contributed by atoms with Gasteiger partial charge in [0.05, 0.1) is 5.75 Å². The number of anilines is 1. The molecule has 3 aromatic rings. The van der Waals surface area contributed by atoms with Gasteiger partial charge in [0.25, 0.3) is 5.88 Å². The van der Waals surface area contributed by atoms with Gasteiger partial charge in [0.1, 0.15) is 0 Å².